The van der Waals surface area contributed by atoms with Crippen LogP contribution in [0.4, 0.5) is 4.39 Å². The SMILES string of the molecule is N#Cc1cc(F)c(C(=O)O)cc1S(=O)(=O)Cl. The van der Waals surface area contributed by atoms with Gasteiger partial charge in [-0.1, -0.05) is 0 Å². The molecule has 0 aromatic heterocycles. The molecule has 1 rings (SSSR count). The van der Waals surface area contributed by atoms with Crippen molar-refractivity contribution in [1.82, 2.24) is 0 Å². The Hall–Kier alpha value is -1.65. The first kappa shape index (κ1) is 12.4. The molecule has 0 saturated carbocycles. The van der Waals surface area contributed by atoms with E-state index in [4.69, 9.17) is 21.1 Å². The molecular weight excluding hydrogens is 261 g/mol. The Labute approximate surface area is 94.1 Å². The fraction of sp³-hybridized carbons (Fsp3) is 0. The van der Waals surface area contributed by atoms with Crippen molar-refractivity contribution in [3.63, 3.8) is 0 Å². The van der Waals surface area contributed by atoms with Gasteiger partial charge < -0.3 is 5.11 Å². The Balaban J connectivity index is 3.68. The number of carboxylic acid groups (broad SMARTS) is 1. The molecule has 0 aliphatic heterocycles. The largest absolute Gasteiger partial charge is 0.478 e. The Bertz CT molecular complexity index is 605. The Morgan fingerprint density at radius 1 is 1.50 bits per heavy atom. The van der Waals surface area contributed by atoms with Crippen molar-refractivity contribution in [3.05, 3.63) is 29.1 Å². The standard InChI is InChI=1S/C8H3ClFNO4S/c9-16(14,15)7-2-5(8(12)13)6(10)1-4(7)3-11/h1-2H,(H,12,13). The maximum Gasteiger partial charge on any atom is 0.338 e. The predicted molar refractivity (Wildman–Crippen MR) is 51.1 cm³/mol. The number of nitrogens with zero attached hydrogens (tertiary/aromatic N) is 1. The molecule has 0 heterocycles. The zero-order valence-electron chi connectivity index (χ0n) is 7.44. The molecule has 0 unspecified atom stereocenters. The average molecular weight is 264 g/mol. The fourth-order valence-corrected chi connectivity index (χ4v) is 2.02. The van der Waals surface area contributed by atoms with Gasteiger partial charge in [0.1, 0.15) is 16.8 Å². The highest BCUT2D eigenvalue weighted by Crippen LogP contribution is 2.23. The molecule has 84 valence electrons. The van der Waals surface area contributed by atoms with Gasteiger partial charge in [0.05, 0.1) is 11.1 Å². The third-order valence-corrected chi connectivity index (χ3v) is 3.04. The van der Waals surface area contributed by atoms with E-state index in [-0.39, 0.29) is 0 Å². The van der Waals surface area contributed by atoms with E-state index < -0.39 is 36.9 Å². The molecule has 1 N–H and O–H groups in total. The highest BCUT2D eigenvalue weighted by atomic mass is 35.7. The van der Waals surface area contributed by atoms with E-state index in [0.29, 0.717) is 12.1 Å². The third-order valence-electron chi connectivity index (χ3n) is 1.68. The third kappa shape index (κ3) is 2.29. The second kappa shape index (κ2) is 4.08. The van der Waals surface area contributed by atoms with Crippen molar-refractivity contribution in [2.24, 2.45) is 0 Å². The highest BCUT2D eigenvalue weighted by Gasteiger charge is 2.21. The molecule has 0 aliphatic carbocycles. The Morgan fingerprint density at radius 3 is 2.44 bits per heavy atom. The van der Waals surface area contributed by atoms with Gasteiger partial charge in [-0.15, -0.1) is 0 Å². The molecule has 1 aromatic carbocycles. The van der Waals surface area contributed by atoms with Crippen molar-refractivity contribution in [3.8, 4) is 6.07 Å². The summed E-state index contributed by atoms with van der Waals surface area (Å²) < 4.78 is 35.1. The van der Waals surface area contributed by atoms with Crippen LogP contribution in [0.5, 0.6) is 0 Å². The average Bonchev–Trinajstić information content (AvgIpc) is 2.14. The summed E-state index contributed by atoms with van der Waals surface area (Å²) >= 11 is 0. The monoisotopic (exact) mass is 263 g/mol. The van der Waals surface area contributed by atoms with Gasteiger partial charge in [0.25, 0.3) is 9.05 Å². The second-order valence-electron chi connectivity index (χ2n) is 2.68. The number of hydrogen-bond donors (Lipinski definition) is 1. The number of nitriles is 1. The van der Waals surface area contributed by atoms with E-state index in [2.05, 4.69) is 0 Å². The molecule has 0 saturated heterocycles. The summed E-state index contributed by atoms with van der Waals surface area (Å²) in [6, 6.07) is 2.44. The summed E-state index contributed by atoms with van der Waals surface area (Å²) in [5.74, 6) is -2.85. The molecule has 0 aliphatic rings. The van der Waals surface area contributed by atoms with Gasteiger partial charge in [-0.2, -0.15) is 5.26 Å². The minimum atomic E-state index is -4.30. The quantitative estimate of drug-likeness (QED) is 0.812. The first-order chi connectivity index (χ1) is 7.27. The van der Waals surface area contributed by atoms with Crippen LogP contribution in [0.1, 0.15) is 15.9 Å². The van der Waals surface area contributed by atoms with Gasteiger partial charge in [-0.3, -0.25) is 0 Å². The van der Waals surface area contributed by atoms with Crippen molar-refractivity contribution < 1.29 is 22.7 Å². The first-order valence-electron chi connectivity index (χ1n) is 3.69. The number of benzene rings is 1. The maximum absolute atomic E-state index is 13.1. The van der Waals surface area contributed by atoms with Crippen molar-refractivity contribution in [2.75, 3.05) is 0 Å². The number of rotatable bonds is 2. The summed E-state index contributed by atoms with van der Waals surface area (Å²) in [5, 5.41) is 17.1. The van der Waals surface area contributed by atoms with E-state index in [9.17, 15) is 17.6 Å². The van der Waals surface area contributed by atoms with Crippen LogP contribution in [-0.4, -0.2) is 19.5 Å². The van der Waals surface area contributed by atoms with Crippen molar-refractivity contribution in [2.45, 2.75) is 4.90 Å². The topological polar surface area (TPSA) is 95.2 Å². The lowest BCUT2D eigenvalue weighted by molar-refractivity contribution is 0.0691. The van der Waals surface area contributed by atoms with Gasteiger partial charge in [-0.25, -0.2) is 17.6 Å². The summed E-state index contributed by atoms with van der Waals surface area (Å²) in [4.78, 5) is 9.81. The zero-order chi connectivity index (χ0) is 12.5. The van der Waals surface area contributed by atoms with Crippen molar-refractivity contribution >= 4 is 25.7 Å². The van der Waals surface area contributed by atoms with E-state index in [1.165, 1.54) is 6.07 Å². The molecule has 8 heteroatoms. The fourth-order valence-electron chi connectivity index (χ4n) is 1.01. The van der Waals surface area contributed by atoms with Crippen LogP contribution in [0.3, 0.4) is 0 Å². The Morgan fingerprint density at radius 2 is 2.06 bits per heavy atom. The van der Waals surface area contributed by atoms with Gasteiger partial charge >= 0.3 is 5.97 Å². The highest BCUT2D eigenvalue weighted by molar-refractivity contribution is 8.13. The van der Waals surface area contributed by atoms with Gasteiger partial charge in [0.15, 0.2) is 0 Å². The molecule has 5 nitrogen and oxygen atoms in total. The maximum atomic E-state index is 13.1. The molecule has 0 fully saturated rings. The molecule has 1 aromatic rings. The van der Waals surface area contributed by atoms with Gasteiger partial charge in [-0.05, 0) is 12.1 Å². The number of aromatic carboxylic acids is 1. The summed E-state index contributed by atoms with van der Waals surface area (Å²) in [6.07, 6.45) is 0. The van der Waals surface area contributed by atoms with E-state index >= 15 is 0 Å². The summed E-state index contributed by atoms with van der Waals surface area (Å²) in [5.41, 5.74) is -1.41. The van der Waals surface area contributed by atoms with Crippen LogP contribution >= 0.6 is 10.7 Å². The Kier molecular flexibility index (Phi) is 3.16. The minimum absolute atomic E-state index is 0.512. The second-order valence-corrected chi connectivity index (χ2v) is 5.22. The lowest BCUT2D eigenvalue weighted by Crippen LogP contribution is -2.05. The van der Waals surface area contributed by atoms with E-state index in [1.54, 1.807) is 0 Å². The molecule has 0 spiro atoms. The minimum Gasteiger partial charge on any atom is -0.478 e. The molecular formula is C8H3ClFNO4S. The predicted octanol–water partition coefficient (Wildman–Crippen LogP) is 1.32. The van der Waals surface area contributed by atoms with Crippen LogP contribution in [0.2, 0.25) is 0 Å². The van der Waals surface area contributed by atoms with E-state index in [0.717, 1.165) is 0 Å². The number of carboxylic acids is 1. The first-order valence-corrected chi connectivity index (χ1v) is 6.00. The van der Waals surface area contributed by atoms with Gasteiger partial charge in [0, 0.05) is 10.7 Å². The van der Waals surface area contributed by atoms with Crippen LogP contribution in [0, 0.1) is 17.1 Å². The summed E-state index contributed by atoms with van der Waals surface area (Å²) in [6.45, 7) is 0. The number of carbonyl (C=O) groups is 1. The van der Waals surface area contributed by atoms with Crippen molar-refractivity contribution in [1.29, 1.82) is 5.26 Å². The smallest absolute Gasteiger partial charge is 0.338 e. The molecule has 16 heavy (non-hydrogen) atoms. The summed E-state index contributed by atoms with van der Waals surface area (Å²) in [7, 11) is 0.679. The van der Waals surface area contributed by atoms with E-state index in [1.807, 2.05) is 0 Å². The molecule has 0 atom stereocenters. The molecule has 0 radical (unpaired) electrons. The number of halogens is 2. The van der Waals surface area contributed by atoms with Crippen LogP contribution in [0.15, 0.2) is 17.0 Å². The number of hydrogen-bond acceptors (Lipinski definition) is 4. The molecule has 0 amide bonds. The zero-order valence-corrected chi connectivity index (χ0v) is 9.01. The van der Waals surface area contributed by atoms with Crippen LogP contribution in [-0.2, 0) is 9.05 Å². The normalized spacial score (nSPS) is 10.8. The molecule has 0 bridgehead atoms. The lowest BCUT2D eigenvalue weighted by atomic mass is 10.1. The van der Waals surface area contributed by atoms with Crippen LogP contribution in [0.25, 0.3) is 0 Å². The van der Waals surface area contributed by atoms with Crippen LogP contribution < -0.4 is 0 Å². The lowest BCUT2D eigenvalue weighted by Gasteiger charge is -2.02. The van der Waals surface area contributed by atoms with Gasteiger partial charge in [0.2, 0.25) is 0 Å².